The molecule has 0 atom stereocenters. The van der Waals surface area contributed by atoms with Crippen molar-refractivity contribution in [1.82, 2.24) is 9.55 Å². The van der Waals surface area contributed by atoms with E-state index < -0.39 is 0 Å². The molecule has 0 saturated carbocycles. The highest BCUT2D eigenvalue weighted by Gasteiger charge is 2.11. The molecule has 0 aliphatic rings. The summed E-state index contributed by atoms with van der Waals surface area (Å²) < 4.78 is 14.0. The van der Waals surface area contributed by atoms with Gasteiger partial charge in [0, 0.05) is 6.54 Å². The van der Waals surface area contributed by atoms with Crippen LogP contribution in [0.2, 0.25) is 5.02 Å². The zero-order valence-corrected chi connectivity index (χ0v) is 17.1. The van der Waals surface area contributed by atoms with Crippen molar-refractivity contribution in [3.8, 4) is 11.5 Å². The van der Waals surface area contributed by atoms with E-state index in [2.05, 4.69) is 23.6 Å². The standard InChI is InChI=1S/C24H23ClN2O2/c1-18-8-6-9-19(16-18)29-17-24-26-21-11-3-4-12-22(21)27(24)14-7-15-28-23-13-5-2-10-20(23)25/h2-6,8-13,16H,7,14-15,17H2,1H3. The number of aromatic nitrogens is 2. The normalized spacial score (nSPS) is 11.0. The molecule has 0 radical (unpaired) electrons. The summed E-state index contributed by atoms with van der Waals surface area (Å²) in [6, 6.07) is 23.8. The maximum Gasteiger partial charge on any atom is 0.147 e. The van der Waals surface area contributed by atoms with E-state index in [0.29, 0.717) is 24.0 Å². The van der Waals surface area contributed by atoms with E-state index >= 15 is 0 Å². The molecule has 0 saturated heterocycles. The fourth-order valence-corrected chi connectivity index (χ4v) is 3.49. The molecule has 0 bridgehead atoms. The molecule has 0 spiro atoms. The summed E-state index contributed by atoms with van der Waals surface area (Å²) in [6.07, 6.45) is 0.836. The number of ether oxygens (including phenoxy) is 2. The van der Waals surface area contributed by atoms with E-state index in [1.807, 2.05) is 60.7 Å². The fourth-order valence-electron chi connectivity index (χ4n) is 3.30. The number of hydrogen-bond donors (Lipinski definition) is 0. The minimum Gasteiger partial charge on any atom is -0.492 e. The summed E-state index contributed by atoms with van der Waals surface area (Å²) in [4.78, 5) is 4.78. The van der Waals surface area contributed by atoms with Gasteiger partial charge >= 0.3 is 0 Å². The summed E-state index contributed by atoms with van der Waals surface area (Å²) in [5.41, 5.74) is 3.25. The maximum atomic E-state index is 6.16. The third-order valence-electron chi connectivity index (χ3n) is 4.71. The maximum absolute atomic E-state index is 6.16. The number of para-hydroxylation sites is 3. The minimum atomic E-state index is 0.420. The van der Waals surface area contributed by atoms with Crippen LogP contribution in [0.15, 0.2) is 72.8 Å². The highest BCUT2D eigenvalue weighted by Crippen LogP contribution is 2.24. The Morgan fingerprint density at radius 2 is 1.76 bits per heavy atom. The van der Waals surface area contributed by atoms with Crippen LogP contribution >= 0.6 is 11.6 Å². The van der Waals surface area contributed by atoms with E-state index in [0.717, 1.165) is 35.6 Å². The Morgan fingerprint density at radius 3 is 2.62 bits per heavy atom. The van der Waals surface area contributed by atoms with Gasteiger partial charge in [-0.1, -0.05) is 48.0 Å². The molecule has 0 amide bonds. The van der Waals surface area contributed by atoms with Crippen molar-refractivity contribution in [1.29, 1.82) is 0 Å². The Hall–Kier alpha value is -2.98. The number of halogens is 1. The number of rotatable bonds is 8. The van der Waals surface area contributed by atoms with Crippen LogP contribution in [-0.2, 0) is 13.2 Å². The second kappa shape index (κ2) is 9.01. The molecule has 0 aliphatic heterocycles. The summed E-state index contributed by atoms with van der Waals surface area (Å²) in [6.45, 7) is 3.84. The van der Waals surface area contributed by atoms with Crippen molar-refractivity contribution in [3.05, 3.63) is 89.2 Å². The average molecular weight is 407 g/mol. The first-order valence-electron chi connectivity index (χ1n) is 9.71. The second-order valence-corrected chi connectivity index (χ2v) is 7.31. The quantitative estimate of drug-likeness (QED) is 0.334. The number of hydrogen-bond acceptors (Lipinski definition) is 3. The molecule has 3 aromatic carbocycles. The molecule has 0 N–H and O–H groups in total. The van der Waals surface area contributed by atoms with E-state index in [4.69, 9.17) is 26.1 Å². The molecule has 4 aromatic rings. The lowest BCUT2D eigenvalue weighted by atomic mass is 10.2. The van der Waals surface area contributed by atoms with Gasteiger partial charge in [0.2, 0.25) is 0 Å². The number of benzene rings is 3. The van der Waals surface area contributed by atoms with Gasteiger partial charge < -0.3 is 14.0 Å². The van der Waals surface area contributed by atoms with Gasteiger partial charge in [-0.25, -0.2) is 4.98 Å². The molecule has 0 fully saturated rings. The topological polar surface area (TPSA) is 36.3 Å². The van der Waals surface area contributed by atoms with Crippen LogP contribution in [0.4, 0.5) is 0 Å². The van der Waals surface area contributed by atoms with Crippen molar-refractivity contribution < 1.29 is 9.47 Å². The lowest BCUT2D eigenvalue weighted by molar-refractivity contribution is 0.280. The zero-order chi connectivity index (χ0) is 20.1. The molecule has 148 valence electrons. The van der Waals surface area contributed by atoms with Crippen LogP contribution in [0, 0.1) is 6.92 Å². The smallest absolute Gasteiger partial charge is 0.147 e. The molecule has 0 unspecified atom stereocenters. The Balaban J connectivity index is 1.45. The zero-order valence-electron chi connectivity index (χ0n) is 16.3. The van der Waals surface area contributed by atoms with Crippen LogP contribution in [0.3, 0.4) is 0 Å². The van der Waals surface area contributed by atoms with Gasteiger partial charge in [0.1, 0.15) is 23.9 Å². The number of imidazole rings is 1. The van der Waals surface area contributed by atoms with Crippen molar-refractivity contribution in [2.24, 2.45) is 0 Å². The first-order chi connectivity index (χ1) is 14.2. The van der Waals surface area contributed by atoms with Crippen molar-refractivity contribution in [3.63, 3.8) is 0 Å². The van der Waals surface area contributed by atoms with Crippen LogP contribution < -0.4 is 9.47 Å². The highest BCUT2D eigenvalue weighted by atomic mass is 35.5. The van der Waals surface area contributed by atoms with E-state index in [-0.39, 0.29) is 0 Å². The third-order valence-corrected chi connectivity index (χ3v) is 5.02. The predicted octanol–water partition coefficient (Wildman–Crippen LogP) is 6.05. The Labute approximate surface area is 175 Å². The molecule has 1 aromatic heterocycles. The Bertz CT molecular complexity index is 1110. The van der Waals surface area contributed by atoms with Crippen molar-refractivity contribution in [2.75, 3.05) is 6.61 Å². The van der Waals surface area contributed by atoms with Gasteiger partial charge in [0.05, 0.1) is 22.7 Å². The Morgan fingerprint density at radius 1 is 0.931 bits per heavy atom. The van der Waals surface area contributed by atoms with Gasteiger partial charge in [-0.15, -0.1) is 0 Å². The van der Waals surface area contributed by atoms with Crippen molar-refractivity contribution >= 4 is 22.6 Å². The summed E-state index contributed by atoms with van der Waals surface area (Å²) in [5, 5.41) is 0.632. The van der Waals surface area contributed by atoms with Gasteiger partial charge in [-0.3, -0.25) is 0 Å². The van der Waals surface area contributed by atoms with Crippen molar-refractivity contribution in [2.45, 2.75) is 26.5 Å². The number of aryl methyl sites for hydroxylation is 2. The van der Waals surface area contributed by atoms with Gasteiger partial charge in [0.15, 0.2) is 0 Å². The van der Waals surface area contributed by atoms with Gasteiger partial charge in [0.25, 0.3) is 0 Å². The molecule has 4 rings (SSSR count). The molecule has 4 nitrogen and oxygen atoms in total. The number of nitrogens with zero attached hydrogens (tertiary/aromatic N) is 2. The molecular formula is C24H23ClN2O2. The van der Waals surface area contributed by atoms with Crippen LogP contribution in [-0.4, -0.2) is 16.2 Å². The first kappa shape index (κ1) is 19.3. The summed E-state index contributed by atoms with van der Waals surface area (Å²) in [5.74, 6) is 2.48. The summed E-state index contributed by atoms with van der Waals surface area (Å²) >= 11 is 6.16. The van der Waals surface area contributed by atoms with Crippen LogP contribution in [0.5, 0.6) is 11.5 Å². The average Bonchev–Trinajstić information content (AvgIpc) is 3.08. The first-order valence-corrected chi connectivity index (χ1v) is 10.1. The van der Waals surface area contributed by atoms with E-state index in [1.165, 1.54) is 5.56 Å². The third kappa shape index (κ3) is 4.72. The lowest BCUT2D eigenvalue weighted by Gasteiger charge is -2.12. The van der Waals surface area contributed by atoms with Crippen LogP contribution in [0.1, 0.15) is 17.8 Å². The fraction of sp³-hybridized carbons (Fsp3) is 0.208. The highest BCUT2D eigenvalue weighted by molar-refractivity contribution is 6.32. The van der Waals surface area contributed by atoms with E-state index in [1.54, 1.807) is 0 Å². The lowest BCUT2D eigenvalue weighted by Crippen LogP contribution is -2.10. The molecule has 1 heterocycles. The second-order valence-electron chi connectivity index (χ2n) is 6.91. The summed E-state index contributed by atoms with van der Waals surface area (Å²) in [7, 11) is 0. The largest absolute Gasteiger partial charge is 0.492 e. The predicted molar refractivity (Wildman–Crippen MR) is 117 cm³/mol. The SMILES string of the molecule is Cc1cccc(OCc2nc3ccccc3n2CCCOc2ccccc2Cl)c1. The molecule has 0 aliphatic carbocycles. The van der Waals surface area contributed by atoms with Gasteiger partial charge in [-0.2, -0.15) is 0 Å². The molecule has 5 heteroatoms. The number of fused-ring (bicyclic) bond motifs is 1. The molecular weight excluding hydrogens is 384 g/mol. The van der Waals surface area contributed by atoms with Crippen LogP contribution in [0.25, 0.3) is 11.0 Å². The molecule has 29 heavy (non-hydrogen) atoms. The Kier molecular flexibility index (Phi) is 6.01. The van der Waals surface area contributed by atoms with E-state index in [9.17, 15) is 0 Å². The minimum absolute atomic E-state index is 0.420. The monoisotopic (exact) mass is 406 g/mol. The van der Waals surface area contributed by atoms with Gasteiger partial charge in [-0.05, 0) is 55.3 Å².